The van der Waals surface area contributed by atoms with Gasteiger partial charge in [-0.25, -0.2) is 8.42 Å². The van der Waals surface area contributed by atoms with Crippen LogP contribution < -0.4 is 10.0 Å². The van der Waals surface area contributed by atoms with E-state index < -0.39 is 45.7 Å². The quantitative estimate of drug-likeness (QED) is 0.554. The molecule has 180 valence electrons. The zero-order valence-electron chi connectivity index (χ0n) is 18.7. The van der Waals surface area contributed by atoms with Crippen LogP contribution in [-0.4, -0.2) is 37.3 Å². The van der Waals surface area contributed by atoms with Crippen molar-refractivity contribution in [1.29, 1.82) is 0 Å². The predicted molar refractivity (Wildman–Crippen MR) is 124 cm³/mol. The average molecular weight is 485 g/mol. The summed E-state index contributed by atoms with van der Waals surface area (Å²) in [6.45, 7) is 0. The highest BCUT2D eigenvalue weighted by Crippen LogP contribution is 2.60. The monoisotopic (exact) mass is 484 g/mol. The summed E-state index contributed by atoms with van der Waals surface area (Å²) < 4.78 is 28.2. The molecule has 4 bridgehead atoms. The predicted octanol–water partition coefficient (Wildman–Crippen LogP) is 2.82. The van der Waals surface area contributed by atoms with Crippen LogP contribution in [0.25, 0.3) is 10.8 Å². The first-order chi connectivity index (χ1) is 16.1. The fourth-order valence-corrected chi connectivity index (χ4v) is 7.90. The van der Waals surface area contributed by atoms with Gasteiger partial charge in [-0.2, -0.15) is 4.72 Å². The van der Waals surface area contributed by atoms with Gasteiger partial charge in [0.1, 0.15) is 6.04 Å². The minimum Gasteiger partial charge on any atom is -0.481 e. The number of carboxylic acid groups (broad SMARTS) is 1. The summed E-state index contributed by atoms with van der Waals surface area (Å²) in [7, 11) is -4.21. The summed E-state index contributed by atoms with van der Waals surface area (Å²) >= 11 is 0. The van der Waals surface area contributed by atoms with Crippen LogP contribution in [0.5, 0.6) is 0 Å². The molecular weight excluding hydrogens is 456 g/mol. The number of hydrogen-bond donors (Lipinski definition) is 3. The van der Waals surface area contributed by atoms with Gasteiger partial charge in [0.15, 0.2) is 0 Å². The number of nitrogens with one attached hydrogen (secondary N) is 2. The lowest BCUT2D eigenvalue weighted by Gasteiger charge is -2.55. The van der Waals surface area contributed by atoms with E-state index in [-0.39, 0.29) is 4.90 Å². The second kappa shape index (κ2) is 8.46. The molecule has 0 aromatic heterocycles. The molecule has 0 saturated heterocycles. The van der Waals surface area contributed by atoms with Gasteiger partial charge in [-0.05, 0) is 79.2 Å². The minimum atomic E-state index is -4.21. The van der Waals surface area contributed by atoms with Crippen molar-refractivity contribution in [3.63, 3.8) is 0 Å². The Morgan fingerprint density at radius 1 is 0.941 bits per heavy atom. The van der Waals surface area contributed by atoms with E-state index in [0.29, 0.717) is 23.1 Å². The van der Waals surface area contributed by atoms with Crippen LogP contribution >= 0.6 is 0 Å². The van der Waals surface area contributed by atoms with Crippen LogP contribution in [0.2, 0.25) is 0 Å². The molecule has 0 aliphatic heterocycles. The Bertz CT molecular complexity index is 1240. The van der Waals surface area contributed by atoms with Gasteiger partial charge in [-0.1, -0.05) is 30.3 Å². The topological polar surface area (TPSA) is 130 Å². The molecule has 9 heteroatoms. The molecule has 4 saturated carbocycles. The van der Waals surface area contributed by atoms with E-state index in [0.717, 1.165) is 43.9 Å². The Morgan fingerprint density at radius 2 is 1.53 bits per heavy atom. The molecule has 4 aliphatic rings. The van der Waals surface area contributed by atoms with E-state index in [1.807, 2.05) is 12.1 Å². The Balaban J connectivity index is 1.34. The largest absolute Gasteiger partial charge is 0.481 e. The van der Waals surface area contributed by atoms with E-state index in [4.69, 9.17) is 0 Å². The molecule has 4 aliphatic carbocycles. The van der Waals surface area contributed by atoms with Crippen LogP contribution in [0.15, 0.2) is 47.4 Å². The molecule has 0 unspecified atom stereocenters. The number of amides is 2. The van der Waals surface area contributed by atoms with Crippen molar-refractivity contribution in [3.05, 3.63) is 42.5 Å². The fourth-order valence-electron chi connectivity index (χ4n) is 6.67. The van der Waals surface area contributed by atoms with E-state index in [2.05, 4.69) is 10.0 Å². The smallest absolute Gasteiger partial charge is 0.305 e. The number of sulfonamides is 1. The molecule has 0 heterocycles. The fraction of sp³-hybridized carbons (Fsp3) is 0.480. The van der Waals surface area contributed by atoms with Crippen molar-refractivity contribution in [1.82, 2.24) is 10.0 Å². The maximum absolute atomic E-state index is 13.2. The van der Waals surface area contributed by atoms with Gasteiger partial charge in [0.05, 0.1) is 16.7 Å². The number of benzene rings is 2. The lowest BCUT2D eigenvalue weighted by Crippen LogP contribution is -2.57. The van der Waals surface area contributed by atoms with Crippen LogP contribution in [0, 0.1) is 23.2 Å². The number of carbonyl (C=O) groups is 3. The van der Waals surface area contributed by atoms with Gasteiger partial charge in [-0.15, -0.1) is 0 Å². The zero-order chi connectivity index (χ0) is 24.1. The number of hydrogen-bond acceptors (Lipinski definition) is 5. The number of carbonyl (C=O) groups excluding carboxylic acids is 2. The molecule has 0 radical (unpaired) electrons. The summed E-state index contributed by atoms with van der Waals surface area (Å²) in [6, 6.07) is 10.1. The first-order valence-corrected chi connectivity index (χ1v) is 13.2. The maximum atomic E-state index is 13.2. The Morgan fingerprint density at radius 3 is 2.12 bits per heavy atom. The Labute approximate surface area is 198 Å². The molecular formula is C25H28N2O6S. The lowest BCUT2D eigenvalue weighted by atomic mass is 9.49. The van der Waals surface area contributed by atoms with Crippen molar-refractivity contribution in [2.24, 2.45) is 23.2 Å². The number of rotatable bonds is 7. The molecule has 6 rings (SSSR count). The number of fused-ring (bicyclic) bond motifs is 1. The van der Waals surface area contributed by atoms with Gasteiger partial charge in [0.25, 0.3) is 0 Å². The summed E-state index contributed by atoms with van der Waals surface area (Å²) in [5.74, 6) is -1.18. The molecule has 3 N–H and O–H groups in total. The van der Waals surface area contributed by atoms with E-state index in [1.54, 1.807) is 18.2 Å². The molecule has 8 nitrogen and oxygen atoms in total. The van der Waals surface area contributed by atoms with E-state index >= 15 is 0 Å². The van der Waals surface area contributed by atoms with Gasteiger partial charge < -0.3 is 5.11 Å². The van der Waals surface area contributed by atoms with Crippen LogP contribution in [0.3, 0.4) is 0 Å². The first-order valence-electron chi connectivity index (χ1n) is 11.7. The molecule has 0 spiro atoms. The molecule has 2 amide bonds. The highest BCUT2D eigenvalue weighted by atomic mass is 32.2. The standard InChI is InChI=1S/C25H28N2O6S/c28-22(29)11-21(27-34(32,33)20-6-5-18-3-1-2-4-19(18)10-20)23(30)26-24(31)25-12-15-7-16(13-25)9-17(8-15)14-25/h1-6,10,15-17,21,27H,7-9,11-14H2,(H,28,29)(H,26,30,31)/t15?,16?,17?,21-,25?/m0/s1. The minimum absolute atomic E-state index is 0.0817. The van der Waals surface area contributed by atoms with Crippen LogP contribution in [0.1, 0.15) is 44.9 Å². The second-order valence-electron chi connectivity index (χ2n) is 10.3. The van der Waals surface area contributed by atoms with E-state index in [1.165, 1.54) is 12.1 Å². The summed E-state index contributed by atoms with van der Waals surface area (Å²) in [4.78, 5) is 37.5. The van der Waals surface area contributed by atoms with E-state index in [9.17, 15) is 27.9 Å². The molecule has 4 fully saturated rings. The lowest BCUT2D eigenvalue weighted by molar-refractivity contribution is -0.150. The van der Waals surface area contributed by atoms with Gasteiger partial charge in [0.2, 0.25) is 21.8 Å². The van der Waals surface area contributed by atoms with Crippen LogP contribution in [-0.2, 0) is 24.4 Å². The first kappa shape index (κ1) is 23.0. The number of imide groups is 1. The second-order valence-corrected chi connectivity index (χ2v) is 12.0. The Hall–Kier alpha value is -2.78. The molecule has 1 atom stereocenters. The summed E-state index contributed by atoms with van der Waals surface area (Å²) in [5, 5.41) is 13.2. The maximum Gasteiger partial charge on any atom is 0.305 e. The normalized spacial score (nSPS) is 28.5. The molecule has 2 aromatic rings. The van der Waals surface area contributed by atoms with Crippen molar-refractivity contribution in [2.45, 2.75) is 55.9 Å². The third kappa shape index (κ3) is 4.34. The summed E-state index contributed by atoms with van der Waals surface area (Å²) in [5.41, 5.74) is -0.602. The zero-order valence-corrected chi connectivity index (χ0v) is 19.5. The SMILES string of the molecule is O=C(O)C[C@H](NS(=O)(=O)c1ccc2ccccc2c1)C(=O)NC(=O)C12CC3CC(CC(C3)C1)C2. The summed E-state index contributed by atoms with van der Waals surface area (Å²) in [6.07, 6.45) is 4.85. The van der Waals surface area contributed by atoms with Crippen molar-refractivity contribution in [2.75, 3.05) is 0 Å². The third-order valence-corrected chi connectivity index (χ3v) is 9.25. The molecule has 2 aromatic carbocycles. The van der Waals surface area contributed by atoms with Gasteiger partial charge >= 0.3 is 5.97 Å². The van der Waals surface area contributed by atoms with Crippen molar-refractivity contribution >= 4 is 38.6 Å². The van der Waals surface area contributed by atoms with Crippen molar-refractivity contribution in [3.8, 4) is 0 Å². The third-order valence-electron chi connectivity index (χ3n) is 7.78. The average Bonchev–Trinajstić information content (AvgIpc) is 2.77. The highest BCUT2D eigenvalue weighted by molar-refractivity contribution is 7.89. The highest BCUT2D eigenvalue weighted by Gasteiger charge is 2.55. The van der Waals surface area contributed by atoms with Gasteiger partial charge in [-0.3, -0.25) is 19.7 Å². The number of aliphatic carboxylic acids is 1. The molecule has 34 heavy (non-hydrogen) atoms. The number of carboxylic acids is 1. The van der Waals surface area contributed by atoms with Crippen LogP contribution in [0.4, 0.5) is 0 Å². The van der Waals surface area contributed by atoms with Crippen molar-refractivity contribution < 1.29 is 27.9 Å². The Kier molecular flexibility index (Phi) is 5.72. The van der Waals surface area contributed by atoms with Gasteiger partial charge in [0, 0.05) is 0 Å².